The predicted molar refractivity (Wildman–Crippen MR) is 253 cm³/mol. The minimum Gasteiger partial charge on any atom is -0.312 e. The van der Waals surface area contributed by atoms with E-state index >= 15 is 0 Å². The summed E-state index contributed by atoms with van der Waals surface area (Å²) < 4.78 is 2.43. The maximum Gasteiger partial charge on any atom is 0.141 e. The molecule has 0 N–H and O–H groups in total. The molecule has 0 amide bonds. The first-order valence-electron chi connectivity index (χ1n) is 19.8. The van der Waals surface area contributed by atoms with Gasteiger partial charge in [0.2, 0.25) is 0 Å². The van der Waals surface area contributed by atoms with Gasteiger partial charge in [0.15, 0.2) is 0 Å². The second kappa shape index (κ2) is 12.1. The van der Waals surface area contributed by atoms with Gasteiger partial charge in [0.05, 0.1) is 16.4 Å². The van der Waals surface area contributed by atoms with Crippen molar-refractivity contribution in [3.05, 3.63) is 186 Å². The first kappa shape index (κ1) is 33.1. The fourth-order valence-electron chi connectivity index (χ4n) is 10.4. The predicted octanol–water partition coefficient (Wildman–Crippen LogP) is 3.89. The molecule has 0 unspecified atom stereocenters. The van der Waals surface area contributed by atoms with Gasteiger partial charge in [-0.25, -0.2) is 0 Å². The van der Waals surface area contributed by atoms with E-state index in [0.717, 1.165) is 17.1 Å². The lowest BCUT2D eigenvalue weighted by Gasteiger charge is -2.34. The van der Waals surface area contributed by atoms with Gasteiger partial charge in [0.1, 0.15) is 39.2 Å². The van der Waals surface area contributed by atoms with Gasteiger partial charge in [-0.1, -0.05) is 143 Å². The molecule has 56 heavy (non-hydrogen) atoms. The molecule has 0 fully saturated rings. The van der Waals surface area contributed by atoms with E-state index in [0.29, 0.717) is 0 Å². The molecule has 0 radical (unpaired) electrons. The van der Waals surface area contributed by atoms with Crippen LogP contribution in [0.1, 0.15) is 22.3 Å². The maximum atomic E-state index is 2.56. The Labute approximate surface area is 332 Å². The lowest BCUT2D eigenvalue weighted by atomic mass is 9.61. The highest BCUT2D eigenvalue weighted by atomic mass is 15.1. The van der Waals surface area contributed by atoms with Crippen LogP contribution in [0.3, 0.4) is 0 Å². The molecule has 11 rings (SSSR count). The van der Waals surface area contributed by atoms with Crippen molar-refractivity contribution < 1.29 is 0 Å². The lowest BCUT2D eigenvalue weighted by molar-refractivity contribution is 0.793. The van der Waals surface area contributed by atoms with E-state index in [1.165, 1.54) is 99.3 Å². The van der Waals surface area contributed by atoms with Crippen molar-refractivity contribution in [3.63, 3.8) is 0 Å². The van der Waals surface area contributed by atoms with Crippen molar-refractivity contribution in [2.75, 3.05) is 4.90 Å². The standard InChI is InChI=1S/C49H37B5N2/c50-43-44(51)46(53)48(47(54)45(43)52)55(30-23-25-36-35-17-7-11-21-41(35)56(42(36)27-30)28-12-2-1-3-13-28)29-22-24-34-33-16-6-10-20-39(33)49(40(34)26-29)37-18-8-4-14-31(37)32-15-5-9-19-38(32)49/h1-27H,50-54H2. The number of para-hydroxylation sites is 2. The van der Waals surface area contributed by atoms with Crippen LogP contribution in [0, 0.1) is 0 Å². The summed E-state index contributed by atoms with van der Waals surface area (Å²) in [5, 5.41) is 2.51. The molecular formula is C49H37B5N2. The van der Waals surface area contributed by atoms with Crippen LogP contribution in [0.5, 0.6) is 0 Å². The molecule has 1 spiro atoms. The Balaban J connectivity index is 1.23. The Bertz CT molecular complexity index is 3020. The second-order valence-corrected chi connectivity index (χ2v) is 15.8. The zero-order valence-electron chi connectivity index (χ0n) is 32.5. The Morgan fingerprint density at radius 1 is 0.375 bits per heavy atom. The van der Waals surface area contributed by atoms with Gasteiger partial charge in [-0.3, -0.25) is 0 Å². The highest BCUT2D eigenvalue weighted by molar-refractivity contribution is 6.69. The van der Waals surface area contributed by atoms with Gasteiger partial charge < -0.3 is 9.47 Å². The highest BCUT2D eigenvalue weighted by Gasteiger charge is 2.51. The fourth-order valence-corrected chi connectivity index (χ4v) is 10.4. The van der Waals surface area contributed by atoms with Crippen LogP contribution in [0.15, 0.2) is 164 Å². The summed E-state index contributed by atoms with van der Waals surface area (Å²) >= 11 is 0. The van der Waals surface area contributed by atoms with Crippen LogP contribution >= 0.6 is 0 Å². The summed E-state index contributed by atoms with van der Waals surface area (Å²) in [6, 6.07) is 61.2. The van der Waals surface area contributed by atoms with Crippen LogP contribution in [-0.2, 0) is 5.41 Å². The summed E-state index contributed by atoms with van der Waals surface area (Å²) in [5.74, 6) is 0. The quantitative estimate of drug-likeness (QED) is 0.253. The van der Waals surface area contributed by atoms with Crippen LogP contribution in [0.4, 0.5) is 17.1 Å². The number of fused-ring (bicyclic) bond motifs is 13. The number of benzene rings is 8. The van der Waals surface area contributed by atoms with Gasteiger partial charge in [-0.15, -0.1) is 5.46 Å². The molecule has 0 saturated heterocycles. The van der Waals surface area contributed by atoms with Gasteiger partial charge in [0, 0.05) is 33.5 Å². The van der Waals surface area contributed by atoms with E-state index in [-0.39, 0.29) is 0 Å². The van der Waals surface area contributed by atoms with Crippen molar-refractivity contribution >= 4 is 105 Å². The third-order valence-corrected chi connectivity index (χ3v) is 13.4. The van der Waals surface area contributed by atoms with E-state index in [9.17, 15) is 0 Å². The molecule has 0 saturated carbocycles. The molecule has 1 aromatic heterocycles. The minimum absolute atomic E-state index is 0.423. The largest absolute Gasteiger partial charge is 0.312 e. The van der Waals surface area contributed by atoms with E-state index in [4.69, 9.17) is 0 Å². The number of nitrogens with zero attached hydrogens (tertiary/aromatic N) is 2. The van der Waals surface area contributed by atoms with E-state index in [1.807, 2.05) is 0 Å². The SMILES string of the molecule is Bc1c(B)c(B)c(N(c2ccc3c(c2)C2(c4ccccc4-c4ccccc42)c2ccccc2-3)c2ccc3c4ccccc4n(-c4ccccc4)c3c2)c(B)c1B. The van der Waals surface area contributed by atoms with Gasteiger partial charge in [-0.2, -0.15) is 0 Å². The topological polar surface area (TPSA) is 8.17 Å². The van der Waals surface area contributed by atoms with E-state index < -0.39 is 5.41 Å². The van der Waals surface area contributed by atoms with Gasteiger partial charge in [0.25, 0.3) is 0 Å². The van der Waals surface area contributed by atoms with Crippen molar-refractivity contribution in [1.82, 2.24) is 4.57 Å². The Hall–Kier alpha value is -6.32. The third-order valence-electron chi connectivity index (χ3n) is 13.4. The summed E-state index contributed by atoms with van der Waals surface area (Å²) in [6.45, 7) is 0. The summed E-state index contributed by atoms with van der Waals surface area (Å²) in [5.41, 5.74) is 24.1. The number of aromatic nitrogens is 1. The molecular weight excluding hydrogens is 671 g/mol. The second-order valence-electron chi connectivity index (χ2n) is 15.8. The average Bonchev–Trinajstić information content (AvgIpc) is 3.85. The van der Waals surface area contributed by atoms with Crippen LogP contribution in [-0.4, -0.2) is 43.8 Å². The number of rotatable bonds is 4. The van der Waals surface area contributed by atoms with Crippen LogP contribution in [0.25, 0.3) is 49.7 Å². The minimum atomic E-state index is -0.423. The van der Waals surface area contributed by atoms with Crippen LogP contribution in [0.2, 0.25) is 0 Å². The first-order valence-corrected chi connectivity index (χ1v) is 19.8. The molecule has 7 heteroatoms. The molecule has 1 heterocycles. The van der Waals surface area contributed by atoms with Crippen molar-refractivity contribution in [2.45, 2.75) is 5.41 Å². The van der Waals surface area contributed by atoms with Gasteiger partial charge in [-0.05, 0) is 87.0 Å². The molecule has 8 aromatic carbocycles. The van der Waals surface area contributed by atoms with E-state index in [1.54, 1.807) is 0 Å². The third kappa shape index (κ3) is 4.29. The molecule has 0 atom stereocenters. The van der Waals surface area contributed by atoms with E-state index in [2.05, 4.69) is 212 Å². The number of hydrogen-bond acceptors (Lipinski definition) is 1. The zero-order chi connectivity index (χ0) is 37.9. The average molecular weight is 708 g/mol. The smallest absolute Gasteiger partial charge is 0.141 e. The van der Waals surface area contributed by atoms with Crippen molar-refractivity contribution in [3.8, 4) is 27.9 Å². The molecule has 2 aliphatic rings. The normalized spacial score (nSPS) is 13.1. The summed E-state index contributed by atoms with van der Waals surface area (Å²) in [4.78, 5) is 2.56. The van der Waals surface area contributed by atoms with Gasteiger partial charge >= 0.3 is 0 Å². The summed E-state index contributed by atoms with van der Waals surface area (Å²) in [6.07, 6.45) is 0. The van der Waals surface area contributed by atoms with Crippen LogP contribution < -0.4 is 32.2 Å². The maximum absolute atomic E-state index is 2.56. The number of hydrogen-bond donors (Lipinski definition) is 0. The molecule has 0 aliphatic heterocycles. The molecule has 0 bridgehead atoms. The molecule has 2 nitrogen and oxygen atoms in total. The fraction of sp³-hybridized carbons (Fsp3) is 0.0204. The Morgan fingerprint density at radius 3 is 1.46 bits per heavy atom. The van der Waals surface area contributed by atoms with Crippen molar-refractivity contribution in [2.24, 2.45) is 0 Å². The van der Waals surface area contributed by atoms with Crippen molar-refractivity contribution in [1.29, 1.82) is 0 Å². The lowest BCUT2D eigenvalue weighted by Crippen LogP contribution is -2.56. The Kier molecular flexibility index (Phi) is 7.14. The molecule has 2 aliphatic carbocycles. The molecule has 9 aromatic rings. The molecule has 258 valence electrons. The Morgan fingerprint density at radius 2 is 0.839 bits per heavy atom. The highest BCUT2D eigenvalue weighted by Crippen LogP contribution is 2.63. The number of anilines is 3. The zero-order valence-corrected chi connectivity index (χ0v) is 32.5. The first-order chi connectivity index (χ1) is 27.4. The monoisotopic (exact) mass is 708 g/mol. The summed E-state index contributed by atoms with van der Waals surface area (Å²) in [7, 11) is 11.5.